The van der Waals surface area contributed by atoms with E-state index in [0.717, 1.165) is 10.0 Å². The summed E-state index contributed by atoms with van der Waals surface area (Å²) < 4.78 is 40.2. The molecule has 0 bridgehead atoms. The monoisotopic (exact) mass is 393 g/mol. The van der Waals surface area contributed by atoms with Crippen molar-refractivity contribution in [3.8, 4) is 0 Å². The lowest BCUT2D eigenvalue weighted by Crippen LogP contribution is -2.14. The molecule has 0 aliphatic heterocycles. The van der Waals surface area contributed by atoms with Gasteiger partial charge in [0, 0.05) is 23.6 Å². The van der Waals surface area contributed by atoms with E-state index in [9.17, 15) is 17.6 Å². The van der Waals surface area contributed by atoms with Crippen LogP contribution in [0.5, 0.6) is 0 Å². The zero-order valence-corrected chi connectivity index (χ0v) is 15.1. The van der Waals surface area contributed by atoms with E-state index < -0.39 is 26.6 Å². The molecule has 0 aliphatic rings. The quantitative estimate of drug-likeness (QED) is 0.735. The van der Waals surface area contributed by atoms with Gasteiger partial charge in [0.1, 0.15) is 16.4 Å². The molecule has 0 spiro atoms. The zero-order chi connectivity index (χ0) is 18.9. The van der Waals surface area contributed by atoms with E-state index >= 15 is 0 Å². The molecule has 0 atom stereocenters. The summed E-state index contributed by atoms with van der Waals surface area (Å²) in [6, 6.07) is 8.36. The molecule has 0 saturated heterocycles. The van der Waals surface area contributed by atoms with Gasteiger partial charge in [-0.2, -0.15) is 0 Å². The summed E-state index contributed by atoms with van der Waals surface area (Å²) in [6.45, 7) is 1.58. The Balaban J connectivity index is 1.89. The highest BCUT2D eigenvalue weighted by atomic mass is 35.5. The molecule has 0 fully saturated rings. The number of aromatic nitrogens is 2. The molecule has 1 aromatic carbocycles. The Kier molecular flexibility index (Phi) is 4.80. The average molecular weight is 394 g/mol. The van der Waals surface area contributed by atoms with Crippen molar-refractivity contribution in [1.29, 1.82) is 0 Å². The highest BCUT2D eigenvalue weighted by Gasteiger charge is 2.23. The molecule has 1 amide bonds. The third-order valence-corrected chi connectivity index (χ3v) is 5.65. The van der Waals surface area contributed by atoms with E-state index in [1.54, 1.807) is 19.1 Å². The van der Waals surface area contributed by atoms with Crippen LogP contribution in [0.15, 0.2) is 59.9 Å². The number of nitrogens with zero attached hydrogens (tertiary/aromatic N) is 2. The smallest absolute Gasteiger partial charge is 0.274 e. The molecule has 2 heterocycles. The summed E-state index contributed by atoms with van der Waals surface area (Å²) in [6.07, 6.45) is 3.86. The number of rotatable bonds is 4. The fraction of sp³-hybridized carbons (Fsp3) is 0.0588. The number of hydrogen-bond donors (Lipinski definition) is 1. The van der Waals surface area contributed by atoms with Crippen LogP contribution >= 0.6 is 11.6 Å². The molecule has 9 heteroatoms. The van der Waals surface area contributed by atoms with Crippen molar-refractivity contribution in [2.75, 3.05) is 5.32 Å². The van der Waals surface area contributed by atoms with Gasteiger partial charge in [-0.05, 0) is 42.8 Å². The first-order valence-corrected chi connectivity index (χ1v) is 9.22. The first kappa shape index (κ1) is 18.1. The van der Waals surface area contributed by atoms with E-state index in [1.807, 2.05) is 0 Å². The van der Waals surface area contributed by atoms with Crippen molar-refractivity contribution >= 4 is 33.2 Å². The lowest BCUT2D eigenvalue weighted by Gasteiger charge is -2.09. The fourth-order valence-electron chi connectivity index (χ4n) is 2.23. The van der Waals surface area contributed by atoms with Crippen molar-refractivity contribution in [2.24, 2.45) is 0 Å². The molecule has 0 unspecified atom stereocenters. The van der Waals surface area contributed by atoms with Crippen molar-refractivity contribution in [1.82, 2.24) is 8.96 Å². The van der Waals surface area contributed by atoms with Crippen LogP contribution in [0.25, 0.3) is 0 Å². The highest BCUT2D eigenvalue weighted by molar-refractivity contribution is 7.90. The molecule has 0 aliphatic carbocycles. The fourth-order valence-corrected chi connectivity index (χ4v) is 3.72. The SMILES string of the molecule is Cc1cc(S(=O)(=O)n2ccc(NC(=O)c3ccccn3)c2)c(F)cc1Cl. The van der Waals surface area contributed by atoms with E-state index in [2.05, 4.69) is 10.3 Å². The van der Waals surface area contributed by atoms with Gasteiger partial charge >= 0.3 is 0 Å². The van der Waals surface area contributed by atoms with Crippen LogP contribution in [0.4, 0.5) is 10.1 Å². The van der Waals surface area contributed by atoms with Crippen LogP contribution < -0.4 is 5.32 Å². The minimum absolute atomic E-state index is 0.136. The zero-order valence-electron chi connectivity index (χ0n) is 13.5. The van der Waals surface area contributed by atoms with Gasteiger partial charge in [0.2, 0.25) is 0 Å². The number of pyridine rings is 1. The van der Waals surface area contributed by atoms with Gasteiger partial charge in [-0.3, -0.25) is 9.78 Å². The lowest BCUT2D eigenvalue weighted by molar-refractivity contribution is 0.102. The first-order valence-electron chi connectivity index (χ1n) is 7.40. The Morgan fingerprint density at radius 1 is 1.27 bits per heavy atom. The van der Waals surface area contributed by atoms with Crippen molar-refractivity contribution < 1.29 is 17.6 Å². The van der Waals surface area contributed by atoms with Crippen molar-refractivity contribution in [3.63, 3.8) is 0 Å². The summed E-state index contributed by atoms with van der Waals surface area (Å²) in [5.41, 5.74) is 0.847. The number of benzene rings is 1. The number of anilines is 1. The molecule has 134 valence electrons. The van der Waals surface area contributed by atoms with Crippen molar-refractivity contribution in [2.45, 2.75) is 11.8 Å². The largest absolute Gasteiger partial charge is 0.319 e. The van der Waals surface area contributed by atoms with E-state index in [-0.39, 0.29) is 16.4 Å². The van der Waals surface area contributed by atoms with Gasteiger partial charge in [-0.1, -0.05) is 17.7 Å². The molecule has 3 aromatic rings. The van der Waals surface area contributed by atoms with Crippen LogP contribution in [0, 0.1) is 12.7 Å². The van der Waals surface area contributed by atoms with Crippen LogP contribution in [0.3, 0.4) is 0 Å². The molecule has 2 aromatic heterocycles. The van der Waals surface area contributed by atoms with E-state index in [1.165, 1.54) is 36.8 Å². The predicted molar refractivity (Wildman–Crippen MR) is 95.4 cm³/mol. The van der Waals surface area contributed by atoms with Gasteiger partial charge in [-0.25, -0.2) is 16.8 Å². The van der Waals surface area contributed by atoms with Crippen LogP contribution in [-0.4, -0.2) is 23.3 Å². The second kappa shape index (κ2) is 6.89. The highest BCUT2D eigenvalue weighted by Crippen LogP contribution is 2.26. The molecule has 0 saturated carbocycles. The summed E-state index contributed by atoms with van der Waals surface area (Å²) in [7, 11) is -4.17. The average Bonchev–Trinajstić information content (AvgIpc) is 3.08. The first-order chi connectivity index (χ1) is 12.3. The molecule has 0 radical (unpaired) electrons. The molecular weight excluding hydrogens is 381 g/mol. The van der Waals surface area contributed by atoms with Gasteiger partial charge in [-0.15, -0.1) is 0 Å². The Bertz CT molecular complexity index is 1080. The number of aryl methyl sites for hydroxylation is 1. The normalized spacial score (nSPS) is 11.3. The molecule has 26 heavy (non-hydrogen) atoms. The third kappa shape index (κ3) is 3.47. The molecule has 1 N–H and O–H groups in total. The van der Waals surface area contributed by atoms with Gasteiger partial charge in [0.05, 0.1) is 5.69 Å². The number of hydrogen-bond acceptors (Lipinski definition) is 4. The van der Waals surface area contributed by atoms with Gasteiger partial charge < -0.3 is 5.32 Å². The number of halogens is 2. The van der Waals surface area contributed by atoms with Gasteiger partial charge in [0.15, 0.2) is 0 Å². The number of nitrogens with one attached hydrogen (secondary N) is 1. The summed E-state index contributed by atoms with van der Waals surface area (Å²) in [4.78, 5) is 15.5. The topological polar surface area (TPSA) is 81.1 Å². The molecule has 3 rings (SSSR count). The second-order valence-electron chi connectivity index (χ2n) is 5.44. The maximum absolute atomic E-state index is 14.1. The predicted octanol–water partition coefficient (Wildman–Crippen LogP) is 3.47. The maximum Gasteiger partial charge on any atom is 0.274 e. The van der Waals surface area contributed by atoms with E-state index in [4.69, 9.17) is 11.6 Å². The number of carbonyl (C=O) groups is 1. The standard InChI is InChI=1S/C17H13ClFN3O3S/c1-11-8-16(14(19)9-13(11)18)26(24,25)22-7-5-12(10-22)21-17(23)15-4-2-3-6-20-15/h2-10H,1H3,(H,21,23). The van der Waals surface area contributed by atoms with Crippen LogP contribution in [0.1, 0.15) is 16.1 Å². The minimum atomic E-state index is -4.17. The second-order valence-corrected chi connectivity index (χ2v) is 7.65. The Morgan fingerprint density at radius 3 is 2.73 bits per heavy atom. The number of amides is 1. The minimum Gasteiger partial charge on any atom is -0.319 e. The van der Waals surface area contributed by atoms with Gasteiger partial charge in [0.25, 0.3) is 15.9 Å². The lowest BCUT2D eigenvalue weighted by atomic mass is 10.2. The van der Waals surface area contributed by atoms with E-state index in [0.29, 0.717) is 5.56 Å². The maximum atomic E-state index is 14.1. The summed E-state index contributed by atoms with van der Waals surface area (Å²) >= 11 is 5.81. The Hall–Kier alpha value is -2.71. The Labute approximate surface area is 154 Å². The molecular formula is C17H13ClFN3O3S. The van der Waals surface area contributed by atoms with Crippen LogP contribution in [-0.2, 0) is 10.0 Å². The Morgan fingerprint density at radius 2 is 2.04 bits per heavy atom. The summed E-state index contributed by atoms with van der Waals surface area (Å²) in [5.74, 6) is -1.44. The molecule has 6 nitrogen and oxygen atoms in total. The number of carbonyl (C=O) groups excluding carboxylic acids is 1. The third-order valence-electron chi connectivity index (χ3n) is 3.59. The van der Waals surface area contributed by atoms with Crippen LogP contribution in [0.2, 0.25) is 5.02 Å². The van der Waals surface area contributed by atoms with Crippen molar-refractivity contribution in [3.05, 3.63) is 77.1 Å². The summed E-state index contributed by atoms with van der Waals surface area (Å²) in [5, 5.41) is 2.67.